The zero-order valence-electron chi connectivity index (χ0n) is 34.8. The van der Waals surface area contributed by atoms with Gasteiger partial charge >= 0.3 is 0 Å². The molecule has 5 rings (SSSR count). The first kappa shape index (κ1) is 45.9. The zero-order chi connectivity index (χ0) is 39.8. The number of rotatable bonds is 13. The third kappa shape index (κ3) is 13.1. The van der Waals surface area contributed by atoms with Crippen molar-refractivity contribution in [1.29, 1.82) is 0 Å². The highest BCUT2D eigenvalue weighted by Gasteiger charge is 2.42. The van der Waals surface area contributed by atoms with Gasteiger partial charge in [0.05, 0.1) is 5.41 Å². The number of amides is 1. The Morgan fingerprint density at radius 3 is 2.00 bits per heavy atom. The van der Waals surface area contributed by atoms with Crippen LogP contribution in [0.5, 0.6) is 5.75 Å². The van der Waals surface area contributed by atoms with Gasteiger partial charge in [-0.1, -0.05) is 129 Å². The van der Waals surface area contributed by atoms with Crippen molar-refractivity contribution in [3.63, 3.8) is 0 Å². The molecule has 1 fully saturated rings. The Balaban J connectivity index is 0.000000296. The van der Waals surface area contributed by atoms with Crippen LogP contribution in [0, 0.1) is 5.41 Å². The monoisotopic (exact) mass is 776 g/mol. The van der Waals surface area contributed by atoms with Gasteiger partial charge in [-0.15, -0.1) is 12.4 Å². The highest BCUT2D eigenvalue weighted by atomic mass is 35.5. The van der Waals surface area contributed by atoms with Crippen LogP contribution in [0.3, 0.4) is 0 Å². The molecule has 1 saturated heterocycles. The molecule has 2 N–H and O–H groups in total. The first-order valence-electron chi connectivity index (χ1n) is 20.3. The number of phenols is 1. The lowest BCUT2D eigenvalue weighted by Gasteiger charge is -2.40. The SMILES string of the molecule is CC1=C(/C=C/C(C)=C/C=C/C(C)=C/C(=O)Nc2ccc(O)cc2)C(C)(C)CCC1.CCC(=O)C(CC(C)N1CCCCC1)(c1ccccc1)c1ccccc1.Cl. The van der Waals surface area contributed by atoms with Crippen LogP contribution in [-0.2, 0) is 15.0 Å². The Hall–Kier alpha value is -4.45. The fourth-order valence-corrected chi connectivity index (χ4v) is 8.13. The zero-order valence-corrected chi connectivity index (χ0v) is 35.6. The summed E-state index contributed by atoms with van der Waals surface area (Å²) < 4.78 is 0. The lowest BCUT2D eigenvalue weighted by atomic mass is 9.66. The molecule has 0 saturated carbocycles. The fraction of sp³-hybridized carbons (Fsp3) is 0.400. The summed E-state index contributed by atoms with van der Waals surface area (Å²) in [6.07, 6.45) is 20.9. The number of anilines is 1. The standard InChI is InChI=1S/C26H33NO2.C24H31NO.ClH/c1-19(11-16-24-21(3)10-7-17-26(24,4)5)8-6-9-20(2)18-25(29)27-22-12-14-23(28)15-13-22;1-3-23(26)24(21-13-7-4-8-14-21,22-15-9-5-10-16-22)19-20(2)25-17-11-6-12-18-25;/h6,8-9,11-16,18,28H,7,10,17H2,1-5H3,(H,27,29);4-5,7-10,13-16,20H,3,6,11-12,17-19H2,1-2H3;1H/b9-6+,16-11+,19-8+,20-18+;;. The Morgan fingerprint density at radius 1 is 0.857 bits per heavy atom. The molecule has 0 radical (unpaired) electrons. The van der Waals surface area contributed by atoms with E-state index in [2.05, 4.69) is 112 Å². The van der Waals surface area contributed by atoms with Crippen LogP contribution in [0.25, 0.3) is 0 Å². The van der Waals surface area contributed by atoms with Gasteiger partial charge in [0, 0.05) is 24.2 Å². The average Bonchev–Trinajstić information content (AvgIpc) is 3.18. The fourth-order valence-electron chi connectivity index (χ4n) is 8.13. The van der Waals surface area contributed by atoms with Gasteiger partial charge in [0.15, 0.2) is 0 Å². The summed E-state index contributed by atoms with van der Waals surface area (Å²) in [5.41, 5.74) is 7.58. The van der Waals surface area contributed by atoms with E-state index in [9.17, 15) is 14.7 Å². The predicted molar refractivity (Wildman–Crippen MR) is 239 cm³/mol. The number of halogens is 1. The van der Waals surface area contributed by atoms with Crippen LogP contribution in [0.2, 0.25) is 0 Å². The van der Waals surface area contributed by atoms with Gasteiger partial charge in [-0.2, -0.15) is 0 Å². The Bertz CT molecular complexity index is 1810. The van der Waals surface area contributed by atoms with Crippen LogP contribution < -0.4 is 5.32 Å². The van der Waals surface area contributed by atoms with Crippen LogP contribution in [0.4, 0.5) is 5.69 Å². The summed E-state index contributed by atoms with van der Waals surface area (Å²) in [5, 5.41) is 12.1. The molecule has 0 bridgehead atoms. The molecule has 1 amide bonds. The van der Waals surface area contributed by atoms with Crippen molar-refractivity contribution in [2.75, 3.05) is 18.4 Å². The minimum absolute atomic E-state index is 0. The summed E-state index contributed by atoms with van der Waals surface area (Å²) >= 11 is 0. The first-order chi connectivity index (χ1) is 26.4. The molecule has 1 heterocycles. The third-order valence-corrected chi connectivity index (χ3v) is 11.2. The van der Waals surface area contributed by atoms with E-state index in [4.69, 9.17) is 0 Å². The Kier molecular flexibility index (Phi) is 18.3. The summed E-state index contributed by atoms with van der Waals surface area (Å²) in [6, 6.07) is 27.6. The number of phenolic OH excluding ortho intramolecular Hbond substituents is 1. The molecule has 0 aromatic heterocycles. The van der Waals surface area contributed by atoms with Gasteiger partial charge in [0.2, 0.25) is 5.91 Å². The maximum Gasteiger partial charge on any atom is 0.248 e. The molecule has 3 aromatic carbocycles. The number of hydrogen-bond donors (Lipinski definition) is 2. The number of aromatic hydroxyl groups is 1. The van der Waals surface area contributed by atoms with E-state index in [0.717, 1.165) is 36.2 Å². The Labute approximate surface area is 343 Å². The van der Waals surface area contributed by atoms with Gasteiger partial charge in [-0.25, -0.2) is 0 Å². The molecule has 1 unspecified atom stereocenters. The van der Waals surface area contributed by atoms with Gasteiger partial charge < -0.3 is 15.3 Å². The number of benzene rings is 3. The van der Waals surface area contributed by atoms with Crippen molar-refractivity contribution in [3.05, 3.63) is 155 Å². The molecule has 6 heteroatoms. The van der Waals surface area contributed by atoms with E-state index in [0.29, 0.717) is 23.9 Å². The highest BCUT2D eigenvalue weighted by Crippen LogP contribution is 2.41. The molecule has 1 aliphatic carbocycles. The summed E-state index contributed by atoms with van der Waals surface area (Å²) in [7, 11) is 0. The number of nitrogens with one attached hydrogen (secondary N) is 1. The van der Waals surface area contributed by atoms with E-state index in [1.54, 1.807) is 30.3 Å². The number of Topliss-reactive ketones (excluding diaryl/α,β-unsaturated/α-hetero) is 1. The van der Waals surface area contributed by atoms with Crippen molar-refractivity contribution < 1.29 is 14.7 Å². The molecule has 5 nitrogen and oxygen atoms in total. The largest absolute Gasteiger partial charge is 0.508 e. The number of hydrogen-bond acceptors (Lipinski definition) is 4. The number of piperidine rings is 1. The molecule has 2 aliphatic rings. The molecular formula is C50H65ClN2O3. The molecular weight excluding hydrogens is 712 g/mol. The number of carbonyl (C=O) groups excluding carboxylic acids is 2. The van der Waals surface area contributed by atoms with Crippen LogP contribution in [-0.4, -0.2) is 40.8 Å². The van der Waals surface area contributed by atoms with Gasteiger partial charge in [-0.05, 0) is 131 Å². The Morgan fingerprint density at radius 2 is 1.45 bits per heavy atom. The summed E-state index contributed by atoms with van der Waals surface area (Å²) in [5.74, 6) is 0.298. The quantitative estimate of drug-likeness (QED) is 0.103. The third-order valence-electron chi connectivity index (χ3n) is 11.2. The van der Waals surface area contributed by atoms with E-state index >= 15 is 0 Å². The number of carbonyl (C=O) groups is 2. The lowest BCUT2D eigenvalue weighted by Crippen LogP contribution is -2.46. The van der Waals surface area contributed by atoms with Gasteiger partial charge in [-0.3, -0.25) is 9.59 Å². The summed E-state index contributed by atoms with van der Waals surface area (Å²) in [6.45, 7) is 17.5. The second kappa shape index (κ2) is 22.3. The van der Waals surface area contributed by atoms with Crippen molar-refractivity contribution in [2.45, 2.75) is 111 Å². The number of ketones is 1. The number of allylic oxidation sites excluding steroid dienone is 9. The molecule has 0 spiro atoms. The molecule has 300 valence electrons. The van der Waals surface area contributed by atoms with E-state index in [-0.39, 0.29) is 29.5 Å². The van der Waals surface area contributed by atoms with Crippen molar-refractivity contribution in [3.8, 4) is 5.75 Å². The van der Waals surface area contributed by atoms with Gasteiger partial charge in [0.1, 0.15) is 11.5 Å². The van der Waals surface area contributed by atoms with E-state index in [1.165, 1.54) is 55.2 Å². The van der Waals surface area contributed by atoms with Gasteiger partial charge in [0.25, 0.3) is 0 Å². The molecule has 1 aliphatic heterocycles. The minimum Gasteiger partial charge on any atom is -0.508 e. The predicted octanol–water partition coefficient (Wildman–Crippen LogP) is 12.5. The molecule has 3 aromatic rings. The topological polar surface area (TPSA) is 69.6 Å². The van der Waals surface area contributed by atoms with Crippen molar-refractivity contribution >= 4 is 29.8 Å². The van der Waals surface area contributed by atoms with Crippen molar-refractivity contribution in [2.24, 2.45) is 5.41 Å². The van der Waals surface area contributed by atoms with Crippen LogP contribution in [0.15, 0.2) is 144 Å². The second-order valence-corrected chi connectivity index (χ2v) is 16.0. The van der Waals surface area contributed by atoms with Crippen LogP contribution in [0.1, 0.15) is 111 Å². The first-order valence-corrected chi connectivity index (χ1v) is 20.3. The average molecular weight is 778 g/mol. The lowest BCUT2D eigenvalue weighted by molar-refractivity contribution is -0.123. The maximum absolute atomic E-state index is 13.4. The smallest absolute Gasteiger partial charge is 0.248 e. The van der Waals surface area contributed by atoms with E-state index in [1.807, 2.05) is 38.1 Å². The second-order valence-electron chi connectivity index (χ2n) is 16.0. The maximum atomic E-state index is 13.4. The highest BCUT2D eigenvalue weighted by molar-refractivity contribution is 6.00. The van der Waals surface area contributed by atoms with E-state index < -0.39 is 5.41 Å². The normalized spacial score (nSPS) is 17.2. The van der Waals surface area contributed by atoms with Crippen LogP contribution >= 0.6 is 12.4 Å². The molecule has 56 heavy (non-hydrogen) atoms. The minimum atomic E-state index is -0.561. The number of likely N-dealkylation sites (tertiary alicyclic amines) is 1. The molecule has 1 atom stereocenters. The number of nitrogens with zero attached hydrogens (tertiary/aromatic N) is 1. The van der Waals surface area contributed by atoms with Crippen molar-refractivity contribution in [1.82, 2.24) is 4.90 Å². The summed E-state index contributed by atoms with van der Waals surface area (Å²) in [4.78, 5) is 28.1.